The molecule has 0 heterocycles. The summed E-state index contributed by atoms with van der Waals surface area (Å²) in [5, 5.41) is 9.38. The number of aliphatic carboxylic acids is 1. The molecule has 2 aromatic rings. The van der Waals surface area contributed by atoms with Gasteiger partial charge in [-0.25, -0.2) is 4.39 Å². The highest BCUT2D eigenvalue weighted by Crippen LogP contribution is 2.25. The molecule has 0 fully saturated rings. The van der Waals surface area contributed by atoms with Gasteiger partial charge in [0.15, 0.2) is 0 Å². The molecular weight excluding hydrogens is 323 g/mol. The predicted molar refractivity (Wildman–Crippen MR) is 79.4 cm³/mol. The number of aryl methyl sites for hydroxylation is 1. The Morgan fingerprint density at radius 1 is 1.25 bits per heavy atom. The second-order valence-corrected chi connectivity index (χ2v) is 5.66. The van der Waals surface area contributed by atoms with Gasteiger partial charge in [0.1, 0.15) is 5.82 Å². The van der Waals surface area contributed by atoms with Crippen LogP contribution in [0.5, 0.6) is 0 Å². The molecule has 0 saturated carbocycles. The van der Waals surface area contributed by atoms with Crippen molar-refractivity contribution in [1.82, 2.24) is 0 Å². The van der Waals surface area contributed by atoms with E-state index in [1.54, 1.807) is 24.3 Å². The molecule has 104 valence electrons. The van der Waals surface area contributed by atoms with Crippen molar-refractivity contribution in [2.45, 2.75) is 19.3 Å². The minimum absolute atomic E-state index is 0.129. The predicted octanol–water partition coefficient (Wildman–Crippen LogP) is 4.31. The van der Waals surface area contributed by atoms with Crippen LogP contribution < -0.4 is 0 Å². The second kappa shape index (κ2) is 6.18. The second-order valence-electron chi connectivity index (χ2n) is 4.74. The Bertz CT molecular complexity index is 623. The summed E-state index contributed by atoms with van der Waals surface area (Å²) in [4.78, 5) is 11.5. The van der Waals surface area contributed by atoms with Gasteiger partial charge >= 0.3 is 5.97 Å². The molecular formula is C16H14BrFO2. The Hall–Kier alpha value is -1.68. The smallest absolute Gasteiger partial charge is 0.311 e. The number of carbonyl (C=O) groups is 1. The van der Waals surface area contributed by atoms with E-state index in [9.17, 15) is 14.3 Å². The molecule has 0 saturated heterocycles. The van der Waals surface area contributed by atoms with Gasteiger partial charge < -0.3 is 5.11 Å². The third-order valence-electron chi connectivity index (χ3n) is 3.21. The van der Waals surface area contributed by atoms with Crippen LogP contribution in [0.1, 0.15) is 22.6 Å². The Morgan fingerprint density at radius 3 is 2.50 bits per heavy atom. The maximum absolute atomic E-state index is 13.8. The fourth-order valence-electron chi connectivity index (χ4n) is 2.07. The number of carboxylic acids is 1. The SMILES string of the molecule is Cc1ccc(C(Cc2cc(Br)ccc2F)C(=O)O)cc1. The molecule has 0 amide bonds. The summed E-state index contributed by atoms with van der Waals surface area (Å²) in [6.07, 6.45) is 0.129. The van der Waals surface area contributed by atoms with Gasteiger partial charge in [0.2, 0.25) is 0 Å². The lowest BCUT2D eigenvalue weighted by Gasteiger charge is -2.14. The highest BCUT2D eigenvalue weighted by atomic mass is 79.9. The van der Waals surface area contributed by atoms with E-state index < -0.39 is 11.9 Å². The molecule has 1 atom stereocenters. The quantitative estimate of drug-likeness (QED) is 0.903. The van der Waals surface area contributed by atoms with Crippen LogP contribution >= 0.6 is 15.9 Å². The number of hydrogen-bond donors (Lipinski definition) is 1. The molecule has 1 unspecified atom stereocenters. The van der Waals surface area contributed by atoms with Crippen LogP contribution in [0.3, 0.4) is 0 Å². The summed E-state index contributed by atoms with van der Waals surface area (Å²) in [5.74, 6) is -2.08. The zero-order chi connectivity index (χ0) is 14.7. The normalized spacial score (nSPS) is 12.2. The van der Waals surface area contributed by atoms with Crippen molar-refractivity contribution in [1.29, 1.82) is 0 Å². The van der Waals surface area contributed by atoms with Gasteiger partial charge in [-0.3, -0.25) is 4.79 Å². The average molecular weight is 337 g/mol. The number of rotatable bonds is 4. The third kappa shape index (κ3) is 3.45. The first kappa shape index (κ1) is 14.7. The van der Waals surface area contributed by atoms with Gasteiger partial charge in [0, 0.05) is 4.47 Å². The molecule has 2 nitrogen and oxygen atoms in total. The molecule has 0 bridgehead atoms. The van der Waals surface area contributed by atoms with E-state index in [4.69, 9.17) is 0 Å². The first-order valence-electron chi connectivity index (χ1n) is 6.20. The number of hydrogen-bond acceptors (Lipinski definition) is 1. The maximum Gasteiger partial charge on any atom is 0.311 e. The lowest BCUT2D eigenvalue weighted by molar-refractivity contribution is -0.138. The Kier molecular flexibility index (Phi) is 4.55. The summed E-state index contributed by atoms with van der Waals surface area (Å²) in [7, 11) is 0. The van der Waals surface area contributed by atoms with Crippen molar-refractivity contribution in [2.24, 2.45) is 0 Å². The van der Waals surface area contributed by atoms with Crippen LogP contribution in [0.15, 0.2) is 46.9 Å². The van der Waals surface area contributed by atoms with Crippen LogP contribution in [0.25, 0.3) is 0 Å². The van der Waals surface area contributed by atoms with Gasteiger partial charge in [-0.2, -0.15) is 0 Å². The standard InChI is InChI=1S/C16H14BrFO2/c1-10-2-4-11(5-3-10)14(16(19)20)9-12-8-13(17)6-7-15(12)18/h2-8,14H,9H2,1H3,(H,19,20). The number of benzene rings is 2. The summed E-state index contributed by atoms with van der Waals surface area (Å²) in [6, 6.07) is 11.9. The third-order valence-corrected chi connectivity index (χ3v) is 3.70. The summed E-state index contributed by atoms with van der Waals surface area (Å²) in [6.45, 7) is 1.94. The van der Waals surface area contributed by atoms with Crippen molar-refractivity contribution in [3.8, 4) is 0 Å². The molecule has 0 radical (unpaired) electrons. The molecule has 1 N–H and O–H groups in total. The number of halogens is 2. The van der Waals surface area contributed by atoms with Crippen LogP contribution in [-0.2, 0) is 11.2 Å². The van der Waals surface area contributed by atoms with E-state index in [0.29, 0.717) is 11.1 Å². The molecule has 0 aliphatic rings. The van der Waals surface area contributed by atoms with Crippen molar-refractivity contribution in [2.75, 3.05) is 0 Å². The zero-order valence-electron chi connectivity index (χ0n) is 10.9. The first-order valence-corrected chi connectivity index (χ1v) is 7.00. The first-order chi connectivity index (χ1) is 9.47. The van der Waals surface area contributed by atoms with E-state index >= 15 is 0 Å². The van der Waals surface area contributed by atoms with E-state index in [-0.39, 0.29) is 12.2 Å². The lowest BCUT2D eigenvalue weighted by Crippen LogP contribution is -2.15. The van der Waals surface area contributed by atoms with Gasteiger partial charge in [0.05, 0.1) is 5.92 Å². The lowest BCUT2D eigenvalue weighted by atomic mass is 9.91. The van der Waals surface area contributed by atoms with Crippen LogP contribution in [-0.4, -0.2) is 11.1 Å². The van der Waals surface area contributed by atoms with E-state index in [2.05, 4.69) is 15.9 Å². The summed E-state index contributed by atoms with van der Waals surface area (Å²) in [5.41, 5.74) is 2.14. The molecule has 0 spiro atoms. The van der Waals surface area contributed by atoms with Crippen LogP contribution in [0.2, 0.25) is 0 Å². The maximum atomic E-state index is 13.8. The molecule has 20 heavy (non-hydrogen) atoms. The van der Waals surface area contributed by atoms with Crippen LogP contribution in [0, 0.1) is 12.7 Å². The molecule has 2 aromatic carbocycles. The molecule has 2 rings (SSSR count). The molecule has 0 aromatic heterocycles. The Morgan fingerprint density at radius 2 is 1.90 bits per heavy atom. The molecule has 0 aliphatic carbocycles. The topological polar surface area (TPSA) is 37.3 Å². The summed E-state index contributed by atoms with van der Waals surface area (Å²) >= 11 is 3.27. The van der Waals surface area contributed by atoms with Gasteiger partial charge in [-0.15, -0.1) is 0 Å². The van der Waals surface area contributed by atoms with Crippen molar-refractivity contribution < 1.29 is 14.3 Å². The van der Waals surface area contributed by atoms with Gasteiger partial charge in [-0.1, -0.05) is 45.8 Å². The van der Waals surface area contributed by atoms with Crippen molar-refractivity contribution >= 4 is 21.9 Å². The largest absolute Gasteiger partial charge is 0.481 e. The van der Waals surface area contributed by atoms with Crippen molar-refractivity contribution in [3.63, 3.8) is 0 Å². The summed E-state index contributed by atoms with van der Waals surface area (Å²) < 4.78 is 14.5. The van der Waals surface area contributed by atoms with Crippen molar-refractivity contribution in [3.05, 3.63) is 69.4 Å². The van der Waals surface area contributed by atoms with E-state index in [1.165, 1.54) is 6.07 Å². The molecule has 4 heteroatoms. The highest BCUT2D eigenvalue weighted by Gasteiger charge is 2.21. The number of carboxylic acid groups (broad SMARTS) is 1. The Labute approximate surface area is 125 Å². The zero-order valence-corrected chi connectivity index (χ0v) is 12.5. The monoisotopic (exact) mass is 336 g/mol. The van der Waals surface area contributed by atoms with E-state index in [1.807, 2.05) is 19.1 Å². The average Bonchev–Trinajstić information content (AvgIpc) is 2.40. The fourth-order valence-corrected chi connectivity index (χ4v) is 2.47. The van der Waals surface area contributed by atoms with Gasteiger partial charge in [-0.05, 0) is 42.7 Å². The highest BCUT2D eigenvalue weighted by molar-refractivity contribution is 9.10. The Balaban J connectivity index is 2.32. The fraction of sp³-hybridized carbons (Fsp3) is 0.188. The van der Waals surface area contributed by atoms with Gasteiger partial charge in [0.25, 0.3) is 0 Å². The van der Waals surface area contributed by atoms with Crippen LogP contribution in [0.4, 0.5) is 4.39 Å². The van der Waals surface area contributed by atoms with E-state index in [0.717, 1.165) is 10.0 Å². The minimum atomic E-state index is -0.951. The molecule has 0 aliphatic heterocycles. The minimum Gasteiger partial charge on any atom is -0.481 e.